The van der Waals surface area contributed by atoms with Crippen molar-refractivity contribution in [1.29, 1.82) is 0 Å². The van der Waals surface area contributed by atoms with Crippen LogP contribution in [0.2, 0.25) is 0 Å². The summed E-state index contributed by atoms with van der Waals surface area (Å²) in [5.74, 6) is 3.70. The summed E-state index contributed by atoms with van der Waals surface area (Å²) in [7, 11) is 0. The van der Waals surface area contributed by atoms with Gasteiger partial charge in [0.25, 0.3) is 0 Å². The van der Waals surface area contributed by atoms with E-state index in [1.165, 1.54) is 17.9 Å². The van der Waals surface area contributed by atoms with Crippen molar-refractivity contribution < 1.29 is 0 Å². The molecule has 1 unspecified atom stereocenters. The summed E-state index contributed by atoms with van der Waals surface area (Å²) in [4.78, 5) is 4.22. The topological polar surface area (TPSA) is 42.7 Å². The average molecular weight is 210 g/mol. The van der Waals surface area contributed by atoms with E-state index in [-0.39, 0.29) is 0 Å². The zero-order valence-electron chi connectivity index (χ0n) is 8.02. The molecule has 1 atom stereocenters. The highest BCUT2D eigenvalue weighted by Crippen LogP contribution is 2.20. The van der Waals surface area contributed by atoms with Crippen LogP contribution in [-0.2, 0) is 13.0 Å². The molecule has 0 aromatic carbocycles. The molecule has 2 aliphatic rings. The second kappa shape index (κ2) is 3.55. The predicted octanol–water partition coefficient (Wildman–Crippen LogP) is 0.298. The Morgan fingerprint density at radius 3 is 3.14 bits per heavy atom. The number of hydrogen-bond donors (Lipinski definition) is 1. The molecule has 1 aromatic heterocycles. The molecular formula is C9H14N4S. The summed E-state index contributed by atoms with van der Waals surface area (Å²) in [5, 5.41) is 7.90. The molecule has 5 heteroatoms. The minimum Gasteiger partial charge on any atom is -0.308 e. The van der Waals surface area contributed by atoms with Gasteiger partial charge in [0.1, 0.15) is 12.2 Å². The van der Waals surface area contributed by atoms with Crippen LogP contribution >= 0.6 is 11.8 Å². The van der Waals surface area contributed by atoms with Gasteiger partial charge >= 0.3 is 0 Å². The summed E-state index contributed by atoms with van der Waals surface area (Å²) in [6, 6.07) is 1.35. The second-order valence-electron chi connectivity index (χ2n) is 4.00. The molecule has 0 aliphatic carbocycles. The fourth-order valence-corrected chi connectivity index (χ4v) is 2.70. The normalized spacial score (nSPS) is 27.0. The van der Waals surface area contributed by atoms with Gasteiger partial charge in [-0.15, -0.1) is 0 Å². The quantitative estimate of drug-likeness (QED) is 0.762. The first kappa shape index (κ1) is 8.73. The average Bonchev–Trinajstić information content (AvgIpc) is 2.58. The maximum Gasteiger partial charge on any atom is 0.138 e. The van der Waals surface area contributed by atoms with E-state index in [1.54, 1.807) is 6.33 Å². The lowest BCUT2D eigenvalue weighted by Gasteiger charge is -2.32. The van der Waals surface area contributed by atoms with Gasteiger partial charge in [-0.3, -0.25) is 0 Å². The first-order chi connectivity index (χ1) is 6.92. The van der Waals surface area contributed by atoms with E-state index >= 15 is 0 Å². The van der Waals surface area contributed by atoms with Crippen LogP contribution in [0, 0.1) is 0 Å². The molecule has 0 amide bonds. The minimum absolute atomic E-state index is 0.607. The van der Waals surface area contributed by atoms with Crippen molar-refractivity contribution >= 4 is 11.8 Å². The van der Waals surface area contributed by atoms with Crippen LogP contribution in [0.4, 0.5) is 0 Å². The molecule has 2 aliphatic heterocycles. The SMILES string of the molecule is c1nc2n(n1)CC(NC1CSC1)CC2. The van der Waals surface area contributed by atoms with E-state index < -0.39 is 0 Å². The van der Waals surface area contributed by atoms with E-state index in [9.17, 15) is 0 Å². The van der Waals surface area contributed by atoms with Gasteiger partial charge in [-0.1, -0.05) is 0 Å². The van der Waals surface area contributed by atoms with Gasteiger partial charge < -0.3 is 5.32 Å². The number of hydrogen-bond acceptors (Lipinski definition) is 4. The lowest BCUT2D eigenvalue weighted by atomic mass is 10.1. The standard InChI is InChI=1S/C9H14N4S/c1-2-9-10-6-11-13(9)3-7(1)12-8-4-14-5-8/h6-8,12H,1-5H2. The molecular weight excluding hydrogens is 196 g/mol. The fraction of sp³-hybridized carbons (Fsp3) is 0.778. The number of aromatic nitrogens is 3. The molecule has 3 rings (SSSR count). The Labute approximate surface area is 87.5 Å². The van der Waals surface area contributed by atoms with Crippen molar-refractivity contribution in [1.82, 2.24) is 20.1 Å². The van der Waals surface area contributed by atoms with E-state index in [2.05, 4.69) is 15.4 Å². The lowest BCUT2D eigenvalue weighted by Crippen LogP contribution is -2.49. The van der Waals surface area contributed by atoms with Crippen molar-refractivity contribution in [2.75, 3.05) is 11.5 Å². The summed E-state index contributed by atoms with van der Waals surface area (Å²) in [6.07, 6.45) is 3.94. The number of aryl methyl sites for hydroxylation is 1. The van der Waals surface area contributed by atoms with Crippen molar-refractivity contribution in [3.8, 4) is 0 Å². The Morgan fingerprint density at radius 1 is 1.43 bits per heavy atom. The third-order valence-corrected chi connectivity index (χ3v) is 4.19. The molecule has 3 heterocycles. The Morgan fingerprint density at radius 2 is 2.36 bits per heavy atom. The van der Waals surface area contributed by atoms with Crippen LogP contribution in [-0.4, -0.2) is 38.4 Å². The van der Waals surface area contributed by atoms with Gasteiger partial charge in [0.05, 0.1) is 6.54 Å². The predicted molar refractivity (Wildman–Crippen MR) is 56.4 cm³/mol. The van der Waals surface area contributed by atoms with Gasteiger partial charge in [-0.2, -0.15) is 16.9 Å². The minimum atomic E-state index is 0.607. The van der Waals surface area contributed by atoms with Gasteiger partial charge in [0.2, 0.25) is 0 Å². The number of rotatable bonds is 2. The van der Waals surface area contributed by atoms with Gasteiger partial charge in [-0.25, -0.2) is 9.67 Å². The number of nitrogens with one attached hydrogen (secondary N) is 1. The second-order valence-corrected chi connectivity index (χ2v) is 5.07. The monoisotopic (exact) mass is 210 g/mol. The molecule has 0 bridgehead atoms. The van der Waals surface area contributed by atoms with Crippen molar-refractivity contribution in [3.05, 3.63) is 12.2 Å². The van der Waals surface area contributed by atoms with Crippen LogP contribution in [0.5, 0.6) is 0 Å². The third kappa shape index (κ3) is 1.54. The highest BCUT2D eigenvalue weighted by molar-refractivity contribution is 8.00. The largest absolute Gasteiger partial charge is 0.308 e. The molecule has 0 radical (unpaired) electrons. The van der Waals surface area contributed by atoms with E-state index in [4.69, 9.17) is 0 Å². The van der Waals surface area contributed by atoms with Crippen LogP contribution in [0.15, 0.2) is 6.33 Å². The highest BCUT2D eigenvalue weighted by Gasteiger charge is 2.25. The van der Waals surface area contributed by atoms with Gasteiger partial charge in [0.15, 0.2) is 0 Å². The fourth-order valence-electron chi connectivity index (χ4n) is 2.04. The molecule has 0 spiro atoms. The lowest BCUT2D eigenvalue weighted by molar-refractivity contribution is 0.338. The first-order valence-electron chi connectivity index (χ1n) is 5.12. The van der Waals surface area contributed by atoms with E-state index in [0.717, 1.165) is 24.8 Å². The Hall–Kier alpha value is -0.550. The highest BCUT2D eigenvalue weighted by atomic mass is 32.2. The van der Waals surface area contributed by atoms with Crippen molar-refractivity contribution in [2.45, 2.75) is 31.5 Å². The van der Waals surface area contributed by atoms with Crippen LogP contribution in [0.3, 0.4) is 0 Å². The molecule has 14 heavy (non-hydrogen) atoms. The molecule has 1 fully saturated rings. The third-order valence-electron chi connectivity index (χ3n) is 2.91. The summed E-state index contributed by atoms with van der Waals surface area (Å²) in [5.41, 5.74) is 0. The Balaban J connectivity index is 1.63. The molecule has 1 aromatic rings. The zero-order chi connectivity index (χ0) is 9.38. The van der Waals surface area contributed by atoms with Crippen LogP contribution in [0.1, 0.15) is 12.2 Å². The number of thioether (sulfide) groups is 1. The van der Waals surface area contributed by atoms with E-state index in [0.29, 0.717) is 6.04 Å². The molecule has 0 saturated carbocycles. The zero-order valence-corrected chi connectivity index (χ0v) is 8.83. The maximum absolute atomic E-state index is 4.22. The Kier molecular flexibility index (Phi) is 2.21. The van der Waals surface area contributed by atoms with E-state index in [1.807, 2.05) is 16.4 Å². The van der Waals surface area contributed by atoms with Crippen LogP contribution in [0.25, 0.3) is 0 Å². The molecule has 4 nitrogen and oxygen atoms in total. The van der Waals surface area contributed by atoms with Crippen molar-refractivity contribution in [2.24, 2.45) is 0 Å². The summed E-state index contributed by atoms with van der Waals surface area (Å²) >= 11 is 2.02. The number of nitrogens with zero attached hydrogens (tertiary/aromatic N) is 3. The van der Waals surface area contributed by atoms with Crippen molar-refractivity contribution in [3.63, 3.8) is 0 Å². The smallest absolute Gasteiger partial charge is 0.138 e. The first-order valence-corrected chi connectivity index (χ1v) is 6.28. The maximum atomic E-state index is 4.22. The van der Waals surface area contributed by atoms with Gasteiger partial charge in [0, 0.05) is 30.0 Å². The summed E-state index contributed by atoms with van der Waals surface area (Å²) < 4.78 is 2.03. The number of fused-ring (bicyclic) bond motifs is 1. The molecule has 1 N–H and O–H groups in total. The molecule has 1 saturated heterocycles. The molecule has 76 valence electrons. The Bertz CT molecular complexity index is 320. The van der Waals surface area contributed by atoms with Gasteiger partial charge in [-0.05, 0) is 6.42 Å². The summed E-state index contributed by atoms with van der Waals surface area (Å²) in [6.45, 7) is 0.997. The van der Waals surface area contributed by atoms with Crippen LogP contribution < -0.4 is 5.32 Å².